The van der Waals surface area contributed by atoms with Crippen LogP contribution in [0, 0.1) is 11.8 Å². The maximum atomic E-state index is 11.2. The number of carboxylic acids is 1. The number of para-hydroxylation sites is 1. The van der Waals surface area contributed by atoms with Crippen molar-refractivity contribution in [3.8, 4) is 5.69 Å². The van der Waals surface area contributed by atoms with Crippen LogP contribution in [0.5, 0.6) is 0 Å². The quantitative estimate of drug-likeness (QED) is 0.932. The number of carbonyl (C=O) groups is 1. The van der Waals surface area contributed by atoms with Crippen molar-refractivity contribution in [1.82, 2.24) is 19.9 Å². The fourth-order valence-corrected chi connectivity index (χ4v) is 3.05. The summed E-state index contributed by atoms with van der Waals surface area (Å²) in [5.41, 5.74) is 1.78. The summed E-state index contributed by atoms with van der Waals surface area (Å²) in [5.74, 6) is -0.601. The molecule has 2 atom stereocenters. The maximum absolute atomic E-state index is 11.2. The number of carboxylic acid groups (broad SMARTS) is 1. The number of likely N-dealkylation sites (tertiary alicyclic amines) is 1. The molecular weight excluding hydrogens is 280 g/mol. The summed E-state index contributed by atoms with van der Waals surface area (Å²) in [6.07, 6.45) is 2.50. The van der Waals surface area contributed by atoms with Gasteiger partial charge in [-0.05, 0) is 24.5 Å². The van der Waals surface area contributed by atoms with Gasteiger partial charge in [-0.3, -0.25) is 9.69 Å². The maximum Gasteiger partial charge on any atom is 0.307 e. The number of piperidine rings is 1. The first-order valence-corrected chi connectivity index (χ1v) is 7.53. The first kappa shape index (κ1) is 14.7. The molecule has 2 aromatic rings. The van der Waals surface area contributed by atoms with Gasteiger partial charge in [0.05, 0.1) is 23.5 Å². The number of nitrogens with zero attached hydrogens (tertiary/aromatic N) is 4. The van der Waals surface area contributed by atoms with Gasteiger partial charge in [-0.15, -0.1) is 0 Å². The molecule has 3 rings (SSSR count). The molecule has 2 unspecified atom stereocenters. The SMILES string of the molecule is CC1CC(C(=O)O)CN(Cc2cnn(-c3ccccc3)n2)C1. The summed E-state index contributed by atoms with van der Waals surface area (Å²) < 4.78 is 0. The second-order valence-corrected chi connectivity index (χ2v) is 6.03. The number of aromatic nitrogens is 3. The lowest BCUT2D eigenvalue weighted by atomic mass is 9.90. The largest absolute Gasteiger partial charge is 0.481 e. The second-order valence-electron chi connectivity index (χ2n) is 6.03. The summed E-state index contributed by atoms with van der Waals surface area (Å²) in [5, 5.41) is 18.0. The highest BCUT2D eigenvalue weighted by Crippen LogP contribution is 2.22. The summed E-state index contributed by atoms with van der Waals surface area (Å²) in [4.78, 5) is 15.0. The Kier molecular flexibility index (Phi) is 4.20. The van der Waals surface area contributed by atoms with Gasteiger partial charge in [0.1, 0.15) is 0 Å². The molecule has 1 aromatic heterocycles. The molecule has 0 amide bonds. The minimum absolute atomic E-state index is 0.284. The van der Waals surface area contributed by atoms with Gasteiger partial charge in [-0.1, -0.05) is 25.1 Å². The van der Waals surface area contributed by atoms with Gasteiger partial charge in [0, 0.05) is 19.6 Å². The Balaban J connectivity index is 1.68. The minimum Gasteiger partial charge on any atom is -0.481 e. The Labute approximate surface area is 129 Å². The number of aliphatic carboxylic acids is 1. The van der Waals surface area contributed by atoms with Gasteiger partial charge in [-0.2, -0.15) is 15.0 Å². The van der Waals surface area contributed by atoms with Crippen LogP contribution in [0.1, 0.15) is 19.0 Å². The second kappa shape index (κ2) is 6.27. The smallest absolute Gasteiger partial charge is 0.307 e. The van der Waals surface area contributed by atoms with Crippen LogP contribution in [0.2, 0.25) is 0 Å². The molecule has 22 heavy (non-hydrogen) atoms. The standard InChI is InChI=1S/C16H20N4O2/c1-12-7-13(16(21)22)10-19(9-12)11-14-8-17-20(18-14)15-5-3-2-4-6-15/h2-6,8,12-13H,7,9-11H2,1H3,(H,21,22). The lowest BCUT2D eigenvalue weighted by Gasteiger charge is -2.34. The van der Waals surface area contributed by atoms with Crippen molar-refractivity contribution >= 4 is 5.97 Å². The molecule has 0 radical (unpaired) electrons. The highest BCUT2D eigenvalue weighted by molar-refractivity contribution is 5.70. The molecule has 116 valence electrons. The predicted molar refractivity (Wildman–Crippen MR) is 81.5 cm³/mol. The van der Waals surface area contributed by atoms with E-state index in [1.165, 1.54) is 0 Å². The van der Waals surface area contributed by atoms with Crippen molar-refractivity contribution in [3.63, 3.8) is 0 Å². The Morgan fingerprint density at radius 3 is 2.82 bits per heavy atom. The van der Waals surface area contributed by atoms with Gasteiger partial charge in [0.25, 0.3) is 0 Å². The predicted octanol–water partition coefficient (Wildman–Crippen LogP) is 1.81. The third kappa shape index (κ3) is 3.33. The van der Waals surface area contributed by atoms with Gasteiger partial charge in [-0.25, -0.2) is 0 Å². The van der Waals surface area contributed by atoms with Gasteiger partial charge in [0.15, 0.2) is 0 Å². The van der Waals surface area contributed by atoms with E-state index in [0.29, 0.717) is 19.0 Å². The van der Waals surface area contributed by atoms with Crippen molar-refractivity contribution in [1.29, 1.82) is 0 Å². The molecule has 1 fully saturated rings. The van der Waals surface area contributed by atoms with Crippen LogP contribution in [-0.4, -0.2) is 44.1 Å². The number of hydrogen-bond donors (Lipinski definition) is 1. The van der Waals surface area contributed by atoms with Crippen molar-refractivity contribution in [2.24, 2.45) is 11.8 Å². The molecule has 0 aliphatic carbocycles. The first-order valence-electron chi connectivity index (χ1n) is 7.53. The van der Waals surface area contributed by atoms with Crippen molar-refractivity contribution in [2.75, 3.05) is 13.1 Å². The lowest BCUT2D eigenvalue weighted by molar-refractivity contribution is -0.144. The molecule has 1 aliphatic heterocycles. The highest BCUT2D eigenvalue weighted by Gasteiger charge is 2.29. The van der Waals surface area contributed by atoms with E-state index in [4.69, 9.17) is 0 Å². The van der Waals surface area contributed by atoms with E-state index in [2.05, 4.69) is 22.0 Å². The zero-order valence-corrected chi connectivity index (χ0v) is 12.6. The van der Waals surface area contributed by atoms with Gasteiger partial charge in [0.2, 0.25) is 0 Å². The fraction of sp³-hybridized carbons (Fsp3) is 0.438. The van der Waals surface area contributed by atoms with E-state index in [1.54, 1.807) is 11.0 Å². The Morgan fingerprint density at radius 2 is 2.09 bits per heavy atom. The number of hydrogen-bond acceptors (Lipinski definition) is 4. The molecular formula is C16H20N4O2. The van der Waals surface area contributed by atoms with Crippen LogP contribution < -0.4 is 0 Å². The number of benzene rings is 1. The van der Waals surface area contributed by atoms with E-state index in [0.717, 1.165) is 24.3 Å². The van der Waals surface area contributed by atoms with E-state index in [-0.39, 0.29) is 5.92 Å². The van der Waals surface area contributed by atoms with Crippen molar-refractivity contribution in [3.05, 3.63) is 42.2 Å². The lowest BCUT2D eigenvalue weighted by Crippen LogP contribution is -2.42. The van der Waals surface area contributed by atoms with Crippen LogP contribution in [0.3, 0.4) is 0 Å². The molecule has 0 bridgehead atoms. The monoisotopic (exact) mass is 300 g/mol. The van der Waals surface area contributed by atoms with Crippen LogP contribution in [0.15, 0.2) is 36.5 Å². The molecule has 1 aliphatic rings. The topological polar surface area (TPSA) is 71.2 Å². The zero-order valence-electron chi connectivity index (χ0n) is 12.6. The van der Waals surface area contributed by atoms with Crippen molar-refractivity contribution < 1.29 is 9.90 Å². The van der Waals surface area contributed by atoms with E-state index in [9.17, 15) is 9.90 Å². The minimum atomic E-state index is -0.704. The first-order chi connectivity index (χ1) is 10.6. The molecule has 1 N–H and O–H groups in total. The summed E-state index contributed by atoms with van der Waals surface area (Å²) in [7, 11) is 0. The van der Waals surface area contributed by atoms with Crippen LogP contribution >= 0.6 is 0 Å². The highest BCUT2D eigenvalue weighted by atomic mass is 16.4. The van der Waals surface area contributed by atoms with Crippen LogP contribution in [0.4, 0.5) is 0 Å². The average molecular weight is 300 g/mol. The Morgan fingerprint density at radius 1 is 1.32 bits per heavy atom. The molecule has 1 saturated heterocycles. The van der Waals surface area contributed by atoms with Gasteiger partial charge < -0.3 is 5.11 Å². The van der Waals surface area contributed by atoms with E-state index < -0.39 is 5.97 Å². The zero-order chi connectivity index (χ0) is 15.5. The molecule has 6 heteroatoms. The Bertz CT molecular complexity index is 641. The van der Waals surface area contributed by atoms with E-state index >= 15 is 0 Å². The Hall–Kier alpha value is -2.21. The molecule has 2 heterocycles. The third-order valence-corrected chi connectivity index (χ3v) is 4.00. The molecule has 1 aromatic carbocycles. The molecule has 0 saturated carbocycles. The normalized spacial score (nSPS) is 22.6. The van der Waals surface area contributed by atoms with Crippen LogP contribution in [-0.2, 0) is 11.3 Å². The fourth-order valence-electron chi connectivity index (χ4n) is 3.05. The molecule has 6 nitrogen and oxygen atoms in total. The van der Waals surface area contributed by atoms with Crippen molar-refractivity contribution in [2.45, 2.75) is 19.9 Å². The summed E-state index contributed by atoms with van der Waals surface area (Å²) in [6.45, 7) is 4.23. The third-order valence-electron chi connectivity index (χ3n) is 4.00. The van der Waals surface area contributed by atoms with E-state index in [1.807, 2.05) is 30.3 Å². The van der Waals surface area contributed by atoms with Crippen LogP contribution in [0.25, 0.3) is 5.69 Å². The summed E-state index contributed by atoms with van der Waals surface area (Å²) >= 11 is 0. The number of rotatable bonds is 4. The summed E-state index contributed by atoms with van der Waals surface area (Å²) in [6, 6.07) is 9.75. The van der Waals surface area contributed by atoms with Gasteiger partial charge >= 0.3 is 5.97 Å². The molecule has 0 spiro atoms. The average Bonchev–Trinajstić information content (AvgIpc) is 2.96.